The van der Waals surface area contributed by atoms with E-state index in [1.54, 1.807) is 24.3 Å². The van der Waals surface area contributed by atoms with Gasteiger partial charge in [0.1, 0.15) is 10.7 Å². The predicted molar refractivity (Wildman–Crippen MR) is 80.9 cm³/mol. The summed E-state index contributed by atoms with van der Waals surface area (Å²) >= 11 is 11.8. The maximum Gasteiger partial charge on any atom is 0.287 e. The Morgan fingerprint density at radius 2 is 1.81 bits per heavy atom. The molecule has 0 unspecified atom stereocenters. The number of halogens is 3. The van der Waals surface area contributed by atoms with Gasteiger partial charge < -0.3 is 5.32 Å². The number of hydrogen-bond acceptors (Lipinski definition) is 3. The maximum atomic E-state index is 13.8. The van der Waals surface area contributed by atoms with E-state index >= 15 is 0 Å². The fourth-order valence-corrected chi connectivity index (χ4v) is 3.73. The Morgan fingerprint density at radius 3 is 2.52 bits per heavy atom. The van der Waals surface area contributed by atoms with Crippen LogP contribution in [-0.4, -0.2) is 13.7 Å². The molecule has 1 aliphatic rings. The lowest BCUT2D eigenvalue weighted by atomic mass is 10.0. The van der Waals surface area contributed by atoms with Crippen molar-refractivity contribution in [3.8, 4) is 11.1 Å². The van der Waals surface area contributed by atoms with Gasteiger partial charge in [-0.1, -0.05) is 29.8 Å². The molecule has 21 heavy (non-hydrogen) atoms. The highest BCUT2D eigenvalue weighted by Crippen LogP contribution is 2.40. The molecule has 0 aliphatic carbocycles. The summed E-state index contributed by atoms with van der Waals surface area (Å²) in [4.78, 5) is -0.276. The summed E-state index contributed by atoms with van der Waals surface area (Å²) in [5, 5.41) is 2.71. The van der Waals surface area contributed by atoms with Crippen molar-refractivity contribution in [2.24, 2.45) is 4.40 Å². The zero-order valence-corrected chi connectivity index (χ0v) is 12.6. The fraction of sp³-hybridized carbons (Fsp3) is 0. The summed E-state index contributed by atoms with van der Waals surface area (Å²) < 4.78 is 41.1. The summed E-state index contributed by atoms with van der Waals surface area (Å²) in [5.74, 6) is -0.706. The Bertz CT molecular complexity index is 882. The average Bonchev–Trinajstić information content (AvgIpc) is 2.39. The molecule has 1 heterocycles. The van der Waals surface area contributed by atoms with Gasteiger partial charge in [-0.25, -0.2) is 4.39 Å². The minimum atomic E-state index is -4.05. The van der Waals surface area contributed by atoms with Crippen molar-refractivity contribution in [2.45, 2.75) is 4.90 Å². The smallest absolute Gasteiger partial charge is 0.287 e. The summed E-state index contributed by atoms with van der Waals surface area (Å²) in [6, 6.07) is 8.80. The van der Waals surface area contributed by atoms with E-state index < -0.39 is 15.8 Å². The topological polar surface area (TPSA) is 58.5 Å². The van der Waals surface area contributed by atoms with Crippen LogP contribution < -0.4 is 5.32 Å². The van der Waals surface area contributed by atoms with Crippen molar-refractivity contribution in [1.29, 1.82) is 0 Å². The van der Waals surface area contributed by atoms with E-state index in [4.69, 9.17) is 23.2 Å². The number of amidine groups is 1. The molecule has 2 aromatic carbocycles. The van der Waals surface area contributed by atoms with Crippen LogP contribution in [0.25, 0.3) is 11.1 Å². The molecule has 0 spiro atoms. The van der Waals surface area contributed by atoms with Gasteiger partial charge in [0.15, 0.2) is 0 Å². The third kappa shape index (κ3) is 2.50. The van der Waals surface area contributed by atoms with Crippen molar-refractivity contribution in [2.75, 3.05) is 5.32 Å². The second kappa shape index (κ2) is 4.98. The second-order valence-corrected chi connectivity index (χ2v) is 6.63. The first kappa shape index (κ1) is 14.3. The van der Waals surface area contributed by atoms with Crippen LogP contribution in [0.1, 0.15) is 0 Å². The number of benzene rings is 2. The highest BCUT2D eigenvalue weighted by molar-refractivity contribution is 7.90. The van der Waals surface area contributed by atoms with Gasteiger partial charge in [0.25, 0.3) is 10.0 Å². The van der Waals surface area contributed by atoms with Gasteiger partial charge in [0, 0.05) is 16.1 Å². The maximum absolute atomic E-state index is 13.8. The van der Waals surface area contributed by atoms with E-state index in [1.165, 1.54) is 6.07 Å². The molecule has 0 saturated heterocycles. The molecule has 0 fully saturated rings. The molecular weight excluding hydrogens is 338 g/mol. The first-order valence-electron chi connectivity index (χ1n) is 5.74. The number of nitrogens with one attached hydrogen (secondary N) is 1. The number of sulfonamides is 1. The first-order valence-corrected chi connectivity index (χ1v) is 7.94. The van der Waals surface area contributed by atoms with Crippen LogP contribution in [0.15, 0.2) is 45.7 Å². The van der Waals surface area contributed by atoms with Gasteiger partial charge in [0.05, 0.1) is 5.69 Å². The van der Waals surface area contributed by atoms with E-state index in [1.807, 2.05) is 0 Å². The minimum Gasteiger partial charge on any atom is -0.328 e. The van der Waals surface area contributed by atoms with Gasteiger partial charge in [0.2, 0.25) is 5.29 Å². The normalized spacial score (nSPS) is 15.9. The zero-order valence-electron chi connectivity index (χ0n) is 10.3. The molecule has 1 N–H and O–H groups in total. The fourth-order valence-electron chi connectivity index (χ4n) is 2.09. The van der Waals surface area contributed by atoms with Crippen molar-refractivity contribution >= 4 is 44.2 Å². The molecule has 3 rings (SSSR count). The summed E-state index contributed by atoms with van der Waals surface area (Å²) in [6.07, 6.45) is 0. The van der Waals surface area contributed by atoms with Gasteiger partial charge >= 0.3 is 0 Å². The number of anilines is 1. The predicted octanol–water partition coefficient (Wildman–Crippen LogP) is 3.86. The third-order valence-electron chi connectivity index (χ3n) is 2.94. The monoisotopic (exact) mass is 344 g/mol. The SMILES string of the molecule is O=S1(=O)N=C(Cl)Nc2c(-c3ccccc3Cl)cc(F)cc21. The highest BCUT2D eigenvalue weighted by atomic mass is 35.5. The molecule has 0 amide bonds. The average molecular weight is 345 g/mol. The van der Waals surface area contributed by atoms with Crippen LogP contribution in [0.3, 0.4) is 0 Å². The molecule has 2 aromatic rings. The molecule has 0 aromatic heterocycles. The molecule has 8 heteroatoms. The van der Waals surface area contributed by atoms with Crippen LogP contribution in [0, 0.1) is 5.82 Å². The van der Waals surface area contributed by atoms with Crippen LogP contribution >= 0.6 is 23.2 Å². The van der Waals surface area contributed by atoms with Crippen molar-refractivity contribution in [3.05, 3.63) is 47.2 Å². The first-order chi connectivity index (χ1) is 9.88. The minimum absolute atomic E-state index is 0.157. The summed E-state index contributed by atoms with van der Waals surface area (Å²) in [7, 11) is -4.05. The quantitative estimate of drug-likeness (QED) is 0.799. The third-order valence-corrected chi connectivity index (χ3v) is 4.85. The zero-order chi connectivity index (χ0) is 15.2. The van der Waals surface area contributed by atoms with E-state index in [9.17, 15) is 12.8 Å². The van der Waals surface area contributed by atoms with Crippen molar-refractivity contribution in [1.82, 2.24) is 0 Å². The van der Waals surface area contributed by atoms with Crippen molar-refractivity contribution < 1.29 is 12.8 Å². The number of rotatable bonds is 1. The molecular formula is C13H7Cl2FN2O2S. The molecule has 0 bridgehead atoms. The largest absolute Gasteiger partial charge is 0.328 e. The van der Waals surface area contributed by atoms with Crippen LogP contribution in [0.5, 0.6) is 0 Å². The molecule has 0 atom stereocenters. The van der Waals surface area contributed by atoms with Gasteiger partial charge in [-0.2, -0.15) is 8.42 Å². The second-order valence-electron chi connectivity index (χ2n) is 4.29. The lowest BCUT2D eigenvalue weighted by Gasteiger charge is -2.19. The Morgan fingerprint density at radius 1 is 1.10 bits per heavy atom. The van der Waals surface area contributed by atoms with Crippen molar-refractivity contribution in [3.63, 3.8) is 0 Å². The Kier molecular flexibility index (Phi) is 3.39. The molecule has 108 valence electrons. The Balaban J connectivity index is 2.36. The van der Waals surface area contributed by atoms with Gasteiger partial charge in [-0.3, -0.25) is 0 Å². The van der Waals surface area contributed by atoms with E-state index in [0.717, 1.165) is 6.07 Å². The van der Waals surface area contributed by atoms with E-state index in [2.05, 4.69) is 9.71 Å². The van der Waals surface area contributed by atoms with E-state index in [-0.39, 0.29) is 15.9 Å². The van der Waals surface area contributed by atoms with Gasteiger partial charge in [-0.05, 0) is 29.8 Å². The molecule has 4 nitrogen and oxygen atoms in total. The molecule has 0 radical (unpaired) electrons. The van der Waals surface area contributed by atoms with Crippen LogP contribution in [0.2, 0.25) is 5.02 Å². The number of hydrogen-bond donors (Lipinski definition) is 1. The summed E-state index contributed by atoms with van der Waals surface area (Å²) in [6.45, 7) is 0. The Hall–Kier alpha value is -1.63. The lowest BCUT2D eigenvalue weighted by molar-refractivity contribution is 0.592. The molecule has 1 aliphatic heterocycles. The summed E-state index contributed by atoms with van der Waals surface area (Å²) in [5.41, 5.74) is 0.945. The number of nitrogens with zero attached hydrogens (tertiary/aromatic N) is 1. The standard InChI is InChI=1S/C13H7Cl2FN2O2S/c14-10-4-2-1-3-8(10)9-5-7(16)6-11-12(9)17-13(15)18-21(11,19)20/h1-6H,(H,17,18). The van der Waals surface area contributed by atoms with E-state index in [0.29, 0.717) is 16.1 Å². The number of fused-ring (bicyclic) bond motifs is 1. The lowest BCUT2D eigenvalue weighted by Crippen LogP contribution is -2.18. The van der Waals surface area contributed by atoms with Crippen LogP contribution in [-0.2, 0) is 10.0 Å². The Labute approximate surface area is 130 Å². The van der Waals surface area contributed by atoms with Gasteiger partial charge in [-0.15, -0.1) is 4.40 Å². The molecule has 0 saturated carbocycles. The highest BCUT2D eigenvalue weighted by Gasteiger charge is 2.28. The van der Waals surface area contributed by atoms with Crippen LogP contribution in [0.4, 0.5) is 10.1 Å².